The van der Waals surface area contributed by atoms with Gasteiger partial charge in [0.15, 0.2) is 0 Å². The largest absolute Gasteiger partial charge is 0.310 e. The lowest BCUT2D eigenvalue weighted by Gasteiger charge is -2.23. The summed E-state index contributed by atoms with van der Waals surface area (Å²) in [5, 5.41) is 3.70. The number of rotatable bonds is 4. The van der Waals surface area contributed by atoms with Crippen molar-refractivity contribution in [2.45, 2.75) is 58.0 Å². The van der Waals surface area contributed by atoms with Gasteiger partial charge in [-0.15, -0.1) is 0 Å². The summed E-state index contributed by atoms with van der Waals surface area (Å²) in [5.74, 6) is 0.878. The molecule has 1 N–H and O–H groups in total. The van der Waals surface area contributed by atoms with Gasteiger partial charge in [-0.3, -0.25) is 0 Å². The first-order valence-corrected chi connectivity index (χ1v) is 8.03. The second-order valence-electron chi connectivity index (χ2n) is 5.55. The Labute approximate surface area is 119 Å². The van der Waals surface area contributed by atoms with Gasteiger partial charge in [0, 0.05) is 17.1 Å². The Kier molecular flexibility index (Phi) is 5.71. The SMILES string of the molecule is C[C@H](NCc1ccc(Br)cc1)C1CCCCCC1. The van der Waals surface area contributed by atoms with E-state index < -0.39 is 0 Å². The van der Waals surface area contributed by atoms with E-state index in [4.69, 9.17) is 0 Å². The number of halogens is 1. The highest BCUT2D eigenvalue weighted by Crippen LogP contribution is 2.25. The molecule has 0 heterocycles. The molecule has 18 heavy (non-hydrogen) atoms. The first-order valence-electron chi connectivity index (χ1n) is 7.23. The monoisotopic (exact) mass is 309 g/mol. The van der Waals surface area contributed by atoms with Gasteiger partial charge >= 0.3 is 0 Å². The molecule has 0 saturated heterocycles. The van der Waals surface area contributed by atoms with Crippen LogP contribution in [0.2, 0.25) is 0 Å². The first-order chi connectivity index (χ1) is 8.75. The lowest BCUT2D eigenvalue weighted by Crippen LogP contribution is -2.32. The van der Waals surface area contributed by atoms with E-state index >= 15 is 0 Å². The summed E-state index contributed by atoms with van der Waals surface area (Å²) in [7, 11) is 0. The van der Waals surface area contributed by atoms with Gasteiger partial charge in [0.25, 0.3) is 0 Å². The zero-order chi connectivity index (χ0) is 12.8. The third-order valence-corrected chi connectivity index (χ3v) is 4.68. The van der Waals surface area contributed by atoms with Crippen molar-refractivity contribution in [1.82, 2.24) is 5.32 Å². The summed E-state index contributed by atoms with van der Waals surface area (Å²) in [5.41, 5.74) is 1.37. The van der Waals surface area contributed by atoms with Crippen molar-refractivity contribution in [3.63, 3.8) is 0 Å². The van der Waals surface area contributed by atoms with Crippen LogP contribution in [0.3, 0.4) is 0 Å². The van der Waals surface area contributed by atoms with Crippen LogP contribution in [0.15, 0.2) is 28.7 Å². The minimum absolute atomic E-state index is 0.645. The van der Waals surface area contributed by atoms with Crippen molar-refractivity contribution in [2.24, 2.45) is 5.92 Å². The molecule has 1 nitrogen and oxygen atoms in total. The summed E-state index contributed by atoms with van der Waals surface area (Å²) in [6, 6.07) is 9.26. The molecule has 1 aromatic rings. The quantitative estimate of drug-likeness (QED) is 0.780. The van der Waals surface area contributed by atoms with Crippen LogP contribution in [0.1, 0.15) is 51.0 Å². The van der Waals surface area contributed by atoms with E-state index in [0.717, 1.165) is 16.9 Å². The van der Waals surface area contributed by atoms with Crippen LogP contribution in [0.5, 0.6) is 0 Å². The molecule has 1 fully saturated rings. The van der Waals surface area contributed by atoms with Crippen molar-refractivity contribution in [1.29, 1.82) is 0 Å². The minimum Gasteiger partial charge on any atom is -0.310 e. The highest BCUT2D eigenvalue weighted by Gasteiger charge is 2.18. The Morgan fingerprint density at radius 2 is 1.72 bits per heavy atom. The maximum atomic E-state index is 3.70. The molecule has 0 bridgehead atoms. The van der Waals surface area contributed by atoms with Crippen molar-refractivity contribution in [3.05, 3.63) is 34.3 Å². The van der Waals surface area contributed by atoms with Gasteiger partial charge in [-0.2, -0.15) is 0 Å². The van der Waals surface area contributed by atoms with Gasteiger partial charge in [-0.1, -0.05) is 53.7 Å². The Bertz CT molecular complexity index is 339. The molecule has 1 atom stereocenters. The molecule has 0 amide bonds. The summed E-state index contributed by atoms with van der Waals surface area (Å²) < 4.78 is 1.16. The Morgan fingerprint density at radius 1 is 1.11 bits per heavy atom. The minimum atomic E-state index is 0.645. The van der Waals surface area contributed by atoms with Crippen molar-refractivity contribution in [3.8, 4) is 0 Å². The number of benzene rings is 1. The predicted octanol–water partition coefficient (Wildman–Crippen LogP) is 4.90. The molecule has 0 aliphatic heterocycles. The van der Waals surface area contributed by atoms with Crippen LogP contribution in [0.4, 0.5) is 0 Å². The summed E-state index contributed by atoms with van der Waals surface area (Å²) in [4.78, 5) is 0. The van der Waals surface area contributed by atoms with E-state index in [1.54, 1.807) is 0 Å². The van der Waals surface area contributed by atoms with Crippen molar-refractivity contribution in [2.75, 3.05) is 0 Å². The Balaban J connectivity index is 1.79. The molecule has 1 saturated carbocycles. The van der Waals surface area contributed by atoms with Crippen molar-refractivity contribution < 1.29 is 0 Å². The smallest absolute Gasteiger partial charge is 0.0208 e. The van der Waals surface area contributed by atoms with Crippen LogP contribution >= 0.6 is 15.9 Å². The number of hydrogen-bond acceptors (Lipinski definition) is 1. The van der Waals surface area contributed by atoms with Crippen LogP contribution in [-0.2, 0) is 6.54 Å². The van der Waals surface area contributed by atoms with Crippen molar-refractivity contribution >= 4 is 15.9 Å². The van der Waals surface area contributed by atoms with Crippen LogP contribution in [0.25, 0.3) is 0 Å². The van der Waals surface area contributed by atoms with Crippen LogP contribution in [-0.4, -0.2) is 6.04 Å². The third kappa shape index (κ3) is 4.40. The fourth-order valence-corrected chi connectivity index (χ4v) is 3.12. The van der Waals surface area contributed by atoms with Crippen LogP contribution < -0.4 is 5.32 Å². The fourth-order valence-electron chi connectivity index (χ4n) is 2.86. The van der Waals surface area contributed by atoms with E-state index in [-0.39, 0.29) is 0 Å². The molecular weight excluding hydrogens is 286 g/mol. The van der Waals surface area contributed by atoms with E-state index in [1.165, 1.54) is 44.1 Å². The normalized spacial score (nSPS) is 19.4. The Hall–Kier alpha value is -0.340. The van der Waals surface area contributed by atoms with Gasteiger partial charge in [-0.05, 0) is 43.4 Å². The fraction of sp³-hybridized carbons (Fsp3) is 0.625. The lowest BCUT2D eigenvalue weighted by atomic mass is 9.93. The molecule has 1 aromatic carbocycles. The first kappa shape index (κ1) is 14.1. The molecule has 0 radical (unpaired) electrons. The van der Waals surface area contributed by atoms with Gasteiger partial charge < -0.3 is 5.32 Å². The summed E-state index contributed by atoms with van der Waals surface area (Å²) in [6.45, 7) is 3.35. The average molecular weight is 310 g/mol. The second kappa shape index (κ2) is 7.30. The zero-order valence-electron chi connectivity index (χ0n) is 11.3. The summed E-state index contributed by atoms with van der Waals surface area (Å²) >= 11 is 3.48. The maximum Gasteiger partial charge on any atom is 0.0208 e. The third-order valence-electron chi connectivity index (χ3n) is 4.15. The molecule has 2 rings (SSSR count). The highest BCUT2D eigenvalue weighted by molar-refractivity contribution is 9.10. The number of nitrogens with one attached hydrogen (secondary N) is 1. The molecule has 1 aliphatic rings. The average Bonchev–Trinajstić information content (AvgIpc) is 2.66. The molecule has 0 unspecified atom stereocenters. The van der Waals surface area contributed by atoms with E-state index in [0.29, 0.717) is 6.04 Å². The van der Waals surface area contributed by atoms with E-state index in [1.807, 2.05) is 0 Å². The van der Waals surface area contributed by atoms with Gasteiger partial charge in [0.2, 0.25) is 0 Å². The summed E-state index contributed by atoms with van der Waals surface area (Å²) in [6.07, 6.45) is 8.55. The van der Waals surface area contributed by atoms with Crippen LogP contribution in [0, 0.1) is 5.92 Å². The van der Waals surface area contributed by atoms with E-state index in [2.05, 4.69) is 52.4 Å². The topological polar surface area (TPSA) is 12.0 Å². The molecule has 2 heteroatoms. The molecular formula is C16H24BrN. The lowest BCUT2D eigenvalue weighted by molar-refractivity contribution is 0.336. The highest BCUT2D eigenvalue weighted by atomic mass is 79.9. The van der Waals surface area contributed by atoms with Gasteiger partial charge in [-0.25, -0.2) is 0 Å². The molecule has 0 aromatic heterocycles. The zero-order valence-corrected chi connectivity index (χ0v) is 12.9. The predicted molar refractivity (Wildman–Crippen MR) is 81.6 cm³/mol. The molecule has 1 aliphatic carbocycles. The second-order valence-corrected chi connectivity index (χ2v) is 6.46. The number of hydrogen-bond donors (Lipinski definition) is 1. The van der Waals surface area contributed by atoms with Gasteiger partial charge in [0.1, 0.15) is 0 Å². The van der Waals surface area contributed by atoms with Gasteiger partial charge in [0.05, 0.1) is 0 Å². The maximum absolute atomic E-state index is 3.70. The Morgan fingerprint density at radius 3 is 2.33 bits per heavy atom. The standard InChI is InChI=1S/C16H24BrN/c1-13(15-6-4-2-3-5-7-15)18-12-14-8-10-16(17)11-9-14/h8-11,13,15,18H,2-7,12H2,1H3/t13-/m0/s1. The van der Waals surface area contributed by atoms with E-state index in [9.17, 15) is 0 Å². The molecule has 0 spiro atoms. The molecule has 100 valence electrons.